The van der Waals surface area contributed by atoms with E-state index in [4.69, 9.17) is 18.9 Å². The summed E-state index contributed by atoms with van der Waals surface area (Å²) in [6, 6.07) is 0. The smallest absolute Gasteiger partial charge is 0.361 e. The quantitative estimate of drug-likeness (QED) is 0.0215. The van der Waals surface area contributed by atoms with Crippen LogP contribution < -0.4 is 0 Å². The molecular formula is C46H84NO8+. The van der Waals surface area contributed by atoms with Gasteiger partial charge in [0, 0.05) is 12.8 Å². The van der Waals surface area contributed by atoms with Crippen molar-refractivity contribution in [3.05, 3.63) is 36.5 Å². The van der Waals surface area contributed by atoms with Crippen molar-refractivity contribution in [1.82, 2.24) is 0 Å². The van der Waals surface area contributed by atoms with Crippen LogP contribution in [0.2, 0.25) is 0 Å². The van der Waals surface area contributed by atoms with Crippen molar-refractivity contribution >= 4 is 17.9 Å². The van der Waals surface area contributed by atoms with E-state index in [0.29, 0.717) is 23.9 Å². The van der Waals surface area contributed by atoms with Crippen molar-refractivity contribution in [1.29, 1.82) is 0 Å². The van der Waals surface area contributed by atoms with Crippen molar-refractivity contribution < 1.29 is 42.9 Å². The molecule has 0 aromatic heterocycles. The van der Waals surface area contributed by atoms with E-state index in [1.807, 2.05) is 21.1 Å². The van der Waals surface area contributed by atoms with Gasteiger partial charge in [0.05, 0.1) is 34.4 Å². The summed E-state index contributed by atoms with van der Waals surface area (Å²) < 4.78 is 22.7. The third kappa shape index (κ3) is 39.5. The van der Waals surface area contributed by atoms with Crippen LogP contribution in [0.25, 0.3) is 0 Å². The molecule has 0 aliphatic rings. The lowest BCUT2D eigenvalue weighted by Gasteiger charge is -2.25. The Morgan fingerprint density at radius 2 is 1.04 bits per heavy atom. The minimum atomic E-state index is -1.51. The van der Waals surface area contributed by atoms with Crippen molar-refractivity contribution in [2.75, 3.05) is 47.5 Å². The average Bonchev–Trinajstić information content (AvgIpc) is 3.14. The van der Waals surface area contributed by atoms with Gasteiger partial charge in [0.1, 0.15) is 13.2 Å². The standard InChI is InChI=1S/C46H83NO8/c1-6-8-10-12-14-16-18-20-21-22-23-25-27-29-31-33-35-37-44(49)55-42(41-54-46(45(50)51)52-39-38-47(3,4)5)40-53-43(48)36-34-32-30-28-26-24-19-17-15-13-11-9-7-2/h8,10,14,16,20-21,42,46H,6-7,9,11-13,15,17-19,22-41H2,1-5H3/p+1/b10-8-,16-14-,21-20-. The van der Waals surface area contributed by atoms with E-state index in [9.17, 15) is 19.5 Å². The van der Waals surface area contributed by atoms with Crippen LogP contribution in [0.1, 0.15) is 181 Å². The predicted molar refractivity (Wildman–Crippen MR) is 226 cm³/mol. The molecule has 0 aromatic rings. The van der Waals surface area contributed by atoms with Gasteiger partial charge in [-0.15, -0.1) is 0 Å². The second-order valence-electron chi connectivity index (χ2n) is 16.0. The van der Waals surface area contributed by atoms with Gasteiger partial charge in [-0.25, -0.2) is 4.79 Å². The number of carboxylic acids is 1. The van der Waals surface area contributed by atoms with Gasteiger partial charge >= 0.3 is 17.9 Å². The largest absolute Gasteiger partial charge is 0.477 e. The highest BCUT2D eigenvalue weighted by Crippen LogP contribution is 2.15. The number of carbonyl (C=O) groups is 3. The minimum absolute atomic E-state index is 0.184. The topological polar surface area (TPSA) is 108 Å². The van der Waals surface area contributed by atoms with Crippen LogP contribution in [0.4, 0.5) is 0 Å². The number of aliphatic carboxylic acids is 1. The number of unbranched alkanes of at least 4 members (excludes halogenated alkanes) is 19. The molecule has 0 bridgehead atoms. The van der Waals surface area contributed by atoms with Crippen LogP contribution in [0, 0.1) is 0 Å². The lowest BCUT2D eigenvalue weighted by Crippen LogP contribution is -2.40. The van der Waals surface area contributed by atoms with Crippen molar-refractivity contribution in [2.45, 2.75) is 193 Å². The number of hydrogen-bond donors (Lipinski definition) is 1. The molecular weight excluding hydrogens is 695 g/mol. The number of nitrogens with zero attached hydrogens (tertiary/aromatic N) is 1. The summed E-state index contributed by atoms with van der Waals surface area (Å²) in [6.45, 7) is 4.75. The molecule has 0 heterocycles. The summed E-state index contributed by atoms with van der Waals surface area (Å²) >= 11 is 0. The molecule has 2 atom stereocenters. The number of quaternary nitrogens is 1. The van der Waals surface area contributed by atoms with Crippen LogP contribution >= 0.6 is 0 Å². The lowest BCUT2D eigenvalue weighted by molar-refractivity contribution is -0.870. The SMILES string of the molecule is CC/C=C\C/C=C\C/C=C\CCCCCCCCCC(=O)OC(COC(=O)CCCCCCCCCCCCCCC)COC(OCC[N+](C)(C)C)C(=O)O. The Hall–Kier alpha value is -2.49. The van der Waals surface area contributed by atoms with Gasteiger partial charge in [-0.05, 0) is 44.9 Å². The second-order valence-corrected chi connectivity index (χ2v) is 16.0. The summed E-state index contributed by atoms with van der Waals surface area (Å²) in [4.78, 5) is 37.1. The number of allylic oxidation sites excluding steroid dienone is 6. The average molecular weight is 779 g/mol. The van der Waals surface area contributed by atoms with E-state index in [1.165, 1.54) is 83.5 Å². The Morgan fingerprint density at radius 3 is 1.55 bits per heavy atom. The first-order valence-electron chi connectivity index (χ1n) is 22.2. The Morgan fingerprint density at radius 1 is 0.564 bits per heavy atom. The Balaban J connectivity index is 4.45. The van der Waals surface area contributed by atoms with Crippen LogP contribution in [0.3, 0.4) is 0 Å². The van der Waals surface area contributed by atoms with E-state index in [0.717, 1.165) is 64.2 Å². The maximum atomic E-state index is 12.7. The number of esters is 2. The van der Waals surface area contributed by atoms with Crippen molar-refractivity contribution in [2.24, 2.45) is 0 Å². The Bertz CT molecular complexity index is 1000. The van der Waals surface area contributed by atoms with Crippen LogP contribution in [0.5, 0.6) is 0 Å². The number of rotatable bonds is 40. The summed E-state index contributed by atoms with van der Waals surface area (Å²) in [6.07, 6.45) is 39.1. The third-order valence-electron chi connectivity index (χ3n) is 9.41. The summed E-state index contributed by atoms with van der Waals surface area (Å²) in [7, 11) is 5.95. The molecule has 0 saturated carbocycles. The molecule has 0 aliphatic heterocycles. The first-order chi connectivity index (χ1) is 26.6. The number of ether oxygens (including phenoxy) is 4. The van der Waals surface area contributed by atoms with E-state index in [-0.39, 0.29) is 32.2 Å². The fraction of sp³-hybridized carbons (Fsp3) is 0.804. The molecule has 0 fully saturated rings. The summed E-state index contributed by atoms with van der Waals surface area (Å²) in [5.74, 6) is -2.02. The summed E-state index contributed by atoms with van der Waals surface area (Å²) in [5.41, 5.74) is 0. The number of carboxylic acid groups (broad SMARTS) is 1. The lowest BCUT2D eigenvalue weighted by atomic mass is 10.0. The zero-order chi connectivity index (χ0) is 40.7. The first-order valence-corrected chi connectivity index (χ1v) is 22.2. The molecule has 0 saturated heterocycles. The molecule has 2 unspecified atom stereocenters. The highest BCUT2D eigenvalue weighted by molar-refractivity contribution is 5.71. The molecule has 0 rings (SSSR count). The van der Waals surface area contributed by atoms with E-state index in [1.54, 1.807) is 0 Å². The van der Waals surface area contributed by atoms with Gasteiger partial charge in [0.2, 0.25) is 0 Å². The van der Waals surface area contributed by atoms with E-state index < -0.39 is 24.3 Å². The maximum absolute atomic E-state index is 12.7. The van der Waals surface area contributed by atoms with Gasteiger partial charge < -0.3 is 28.5 Å². The molecule has 0 aromatic carbocycles. The van der Waals surface area contributed by atoms with Crippen LogP contribution in [-0.2, 0) is 33.3 Å². The second kappa shape index (κ2) is 38.4. The zero-order valence-corrected chi connectivity index (χ0v) is 36.1. The number of carbonyl (C=O) groups excluding carboxylic acids is 2. The van der Waals surface area contributed by atoms with Crippen molar-refractivity contribution in [3.8, 4) is 0 Å². The first kappa shape index (κ1) is 52.5. The highest BCUT2D eigenvalue weighted by atomic mass is 16.7. The van der Waals surface area contributed by atoms with Gasteiger partial charge in [-0.3, -0.25) is 9.59 Å². The van der Waals surface area contributed by atoms with Gasteiger partial charge in [0.15, 0.2) is 6.10 Å². The molecule has 0 spiro atoms. The Labute approximate surface area is 337 Å². The molecule has 0 amide bonds. The number of likely N-dealkylation sites (N-methyl/N-ethyl adjacent to an activating group) is 1. The normalized spacial score (nSPS) is 13.3. The predicted octanol–water partition coefficient (Wildman–Crippen LogP) is 11.4. The third-order valence-corrected chi connectivity index (χ3v) is 9.41. The molecule has 9 nitrogen and oxygen atoms in total. The zero-order valence-electron chi connectivity index (χ0n) is 36.1. The van der Waals surface area contributed by atoms with Crippen molar-refractivity contribution in [3.63, 3.8) is 0 Å². The number of hydrogen-bond acceptors (Lipinski definition) is 7. The van der Waals surface area contributed by atoms with Gasteiger partial charge in [-0.2, -0.15) is 0 Å². The molecule has 320 valence electrons. The fourth-order valence-electron chi connectivity index (χ4n) is 5.97. The van der Waals surface area contributed by atoms with E-state index in [2.05, 4.69) is 50.3 Å². The molecule has 0 radical (unpaired) electrons. The highest BCUT2D eigenvalue weighted by Gasteiger charge is 2.25. The fourth-order valence-corrected chi connectivity index (χ4v) is 5.97. The molecule has 55 heavy (non-hydrogen) atoms. The van der Waals surface area contributed by atoms with Gasteiger partial charge in [0.25, 0.3) is 6.29 Å². The monoisotopic (exact) mass is 779 g/mol. The van der Waals surface area contributed by atoms with E-state index >= 15 is 0 Å². The molecule has 0 aliphatic carbocycles. The minimum Gasteiger partial charge on any atom is -0.477 e. The van der Waals surface area contributed by atoms with Gasteiger partial charge in [-0.1, -0.05) is 159 Å². The molecule has 9 heteroatoms. The Kier molecular flexibility index (Phi) is 36.6. The summed E-state index contributed by atoms with van der Waals surface area (Å²) in [5, 5.41) is 9.62. The van der Waals surface area contributed by atoms with Crippen LogP contribution in [-0.4, -0.2) is 87.4 Å². The van der Waals surface area contributed by atoms with Crippen LogP contribution in [0.15, 0.2) is 36.5 Å². The molecule has 1 N–H and O–H groups in total. The maximum Gasteiger partial charge on any atom is 0.361 e.